The van der Waals surface area contributed by atoms with Crippen LogP contribution in [0.1, 0.15) is 32.3 Å². The van der Waals surface area contributed by atoms with Crippen molar-refractivity contribution in [3.63, 3.8) is 0 Å². The number of hydrogen-bond donors (Lipinski definition) is 1. The molecule has 1 aromatic rings. The summed E-state index contributed by atoms with van der Waals surface area (Å²) in [5.41, 5.74) is 1.02. The molecule has 5 heteroatoms. The second-order valence-corrected chi connectivity index (χ2v) is 5.91. The summed E-state index contributed by atoms with van der Waals surface area (Å²) >= 11 is 3.43. The Bertz CT molecular complexity index is 518. The Morgan fingerprint density at radius 1 is 1.25 bits per heavy atom. The Kier molecular flexibility index (Phi) is 4.81. The zero-order valence-corrected chi connectivity index (χ0v) is 13.3. The molecule has 1 aromatic carbocycles. The van der Waals surface area contributed by atoms with Gasteiger partial charge in [0.2, 0.25) is 11.8 Å². The van der Waals surface area contributed by atoms with Gasteiger partial charge in [0.05, 0.1) is 0 Å². The van der Waals surface area contributed by atoms with Gasteiger partial charge in [-0.3, -0.25) is 9.59 Å². The second kappa shape index (κ2) is 6.39. The molecule has 108 valence electrons. The molecular formula is C15H19BrN2O2. The molecule has 2 amide bonds. The molecule has 4 nitrogen and oxygen atoms in total. The molecule has 1 aliphatic rings. The van der Waals surface area contributed by atoms with Gasteiger partial charge in [0.25, 0.3) is 0 Å². The third-order valence-corrected chi connectivity index (χ3v) is 4.11. The van der Waals surface area contributed by atoms with Gasteiger partial charge in [0.1, 0.15) is 12.1 Å². The molecule has 2 rings (SSSR count). The quantitative estimate of drug-likeness (QED) is 0.916. The van der Waals surface area contributed by atoms with Crippen molar-refractivity contribution in [1.29, 1.82) is 0 Å². The molecular weight excluding hydrogens is 320 g/mol. The van der Waals surface area contributed by atoms with Crippen molar-refractivity contribution in [2.24, 2.45) is 0 Å². The fourth-order valence-corrected chi connectivity index (χ4v) is 2.97. The number of halogens is 1. The van der Waals surface area contributed by atoms with E-state index in [0.29, 0.717) is 19.4 Å². The molecule has 1 fully saturated rings. The van der Waals surface area contributed by atoms with Crippen LogP contribution in [0.25, 0.3) is 0 Å². The van der Waals surface area contributed by atoms with E-state index in [1.54, 1.807) is 4.90 Å². The van der Waals surface area contributed by atoms with Crippen LogP contribution >= 0.6 is 15.9 Å². The summed E-state index contributed by atoms with van der Waals surface area (Å²) in [6, 6.07) is 7.07. The van der Waals surface area contributed by atoms with Gasteiger partial charge in [-0.2, -0.15) is 0 Å². The minimum absolute atomic E-state index is 0.0129. The lowest BCUT2D eigenvalue weighted by atomic mass is 10.0. The van der Waals surface area contributed by atoms with Crippen LogP contribution < -0.4 is 5.32 Å². The molecule has 1 heterocycles. The average Bonchev–Trinajstić information content (AvgIpc) is 2.43. The molecule has 20 heavy (non-hydrogen) atoms. The molecule has 0 radical (unpaired) electrons. The standard InChI is InChI=1S/C15H19BrN2O2/c1-3-12-15(20)18(13(4-2)14(19)17-12)9-10-6-5-7-11(16)8-10/h5-8,12-13H,3-4,9H2,1-2H3,(H,17,19). The normalized spacial score (nSPS) is 22.9. The first kappa shape index (κ1) is 15.0. The van der Waals surface area contributed by atoms with Crippen LogP contribution in [0.3, 0.4) is 0 Å². The predicted molar refractivity (Wildman–Crippen MR) is 81.0 cm³/mol. The average molecular weight is 339 g/mol. The summed E-state index contributed by atoms with van der Waals surface area (Å²) in [4.78, 5) is 26.3. The van der Waals surface area contributed by atoms with Crippen LogP contribution in [0.4, 0.5) is 0 Å². The van der Waals surface area contributed by atoms with Crippen LogP contribution in [-0.2, 0) is 16.1 Å². The topological polar surface area (TPSA) is 49.4 Å². The van der Waals surface area contributed by atoms with Crippen molar-refractivity contribution in [3.05, 3.63) is 34.3 Å². The zero-order chi connectivity index (χ0) is 14.7. The second-order valence-electron chi connectivity index (χ2n) is 4.99. The van der Waals surface area contributed by atoms with Crippen LogP contribution in [0.15, 0.2) is 28.7 Å². The number of hydrogen-bond acceptors (Lipinski definition) is 2. The maximum Gasteiger partial charge on any atom is 0.246 e. The van der Waals surface area contributed by atoms with Gasteiger partial charge in [-0.15, -0.1) is 0 Å². The number of rotatable bonds is 4. The molecule has 0 spiro atoms. The molecule has 1 aliphatic heterocycles. The summed E-state index contributed by atoms with van der Waals surface area (Å²) < 4.78 is 0.976. The van der Waals surface area contributed by atoms with E-state index in [4.69, 9.17) is 0 Å². The highest BCUT2D eigenvalue weighted by molar-refractivity contribution is 9.10. The molecule has 2 atom stereocenters. The minimum Gasteiger partial charge on any atom is -0.343 e. The largest absolute Gasteiger partial charge is 0.343 e. The van der Waals surface area contributed by atoms with E-state index in [0.717, 1.165) is 10.0 Å². The van der Waals surface area contributed by atoms with E-state index in [1.165, 1.54) is 0 Å². The monoisotopic (exact) mass is 338 g/mol. The molecule has 0 bridgehead atoms. The molecule has 2 unspecified atom stereocenters. The summed E-state index contributed by atoms with van der Waals surface area (Å²) in [5, 5.41) is 2.80. The van der Waals surface area contributed by atoms with Gasteiger partial charge < -0.3 is 10.2 Å². The van der Waals surface area contributed by atoms with Crippen LogP contribution in [0.5, 0.6) is 0 Å². The highest BCUT2D eigenvalue weighted by Crippen LogP contribution is 2.20. The summed E-state index contributed by atoms with van der Waals surface area (Å²) in [6.07, 6.45) is 1.25. The lowest BCUT2D eigenvalue weighted by molar-refractivity contribution is -0.150. The van der Waals surface area contributed by atoms with Crippen LogP contribution in [0.2, 0.25) is 0 Å². The number of nitrogens with zero attached hydrogens (tertiary/aromatic N) is 1. The van der Waals surface area contributed by atoms with E-state index in [2.05, 4.69) is 21.2 Å². The van der Waals surface area contributed by atoms with Crippen LogP contribution in [-0.4, -0.2) is 28.8 Å². The van der Waals surface area contributed by atoms with Crippen molar-refractivity contribution >= 4 is 27.7 Å². The first-order valence-corrected chi connectivity index (χ1v) is 7.71. The van der Waals surface area contributed by atoms with Gasteiger partial charge in [-0.25, -0.2) is 0 Å². The summed E-state index contributed by atoms with van der Waals surface area (Å²) in [7, 11) is 0. The number of piperazine rings is 1. The molecule has 1 N–H and O–H groups in total. The zero-order valence-electron chi connectivity index (χ0n) is 11.7. The van der Waals surface area contributed by atoms with E-state index >= 15 is 0 Å². The van der Waals surface area contributed by atoms with Gasteiger partial charge in [-0.05, 0) is 30.5 Å². The van der Waals surface area contributed by atoms with Crippen molar-refractivity contribution < 1.29 is 9.59 Å². The maximum atomic E-state index is 12.5. The summed E-state index contributed by atoms with van der Waals surface area (Å²) in [5.74, 6) is -0.0344. The van der Waals surface area contributed by atoms with Crippen molar-refractivity contribution in [1.82, 2.24) is 10.2 Å². The van der Waals surface area contributed by atoms with E-state index in [1.807, 2.05) is 38.1 Å². The van der Waals surface area contributed by atoms with E-state index < -0.39 is 6.04 Å². The number of benzene rings is 1. The number of amides is 2. The number of carbonyl (C=O) groups excluding carboxylic acids is 2. The third-order valence-electron chi connectivity index (χ3n) is 3.61. The minimum atomic E-state index is -0.391. The SMILES string of the molecule is CCC1NC(=O)C(CC)N(Cc2cccc(Br)c2)C1=O. The lowest BCUT2D eigenvalue weighted by Gasteiger charge is -2.38. The van der Waals surface area contributed by atoms with E-state index in [-0.39, 0.29) is 17.9 Å². The Balaban J connectivity index is 2.24. The van der Waals surface area contributed by atoms with Gasteiger partial charge in [0, 0.05) is 11.0 Å². The van der Waals surface area contributed by atoms with Gasteiger partial charge in [0.15, 0.2) is 0 Å². The highest BCUT2D eigenvalue weighted by Gasteiger charge is 2.38. The van der Waals surface area contributed by atoms with Gasteiger partial charge >= 0.3 is 0 Å². The Hall–Kier alpha value is -1.36. The first-order valence-electron chi connectivity index (χ1n) is 6.92. The summed E-state index contributed by atoms with van der Waals surface area (Å²) in [6.45, 7) is 4.31. The molecule has 0 saturated carbocycles. The van der Waals surface area contributed by atoms with Crippen molar-refractivity contribution in [2.75, 3.05) is 0 Å². The third kappa shape index (κ3) is 3.03. The molecule has 0 aliphatic carbocycles. The Labute approximate surface area is 127 Å². The first-order chi connectivity index (χ1) is 9.56. The number of carbonyl (C=O) groups is 2. The molecule has 1 saturated heterocycles. The molecule has 0 aromatic heterocycles. The van der Waals surface area contributed by atoms with Crippen molar-refractivity contribution in [2.45, 2.75) is 45.3 Å². The maximum absolute atomic E-state index is 12.5. The smallest absolute Gasteiger partial charge is 0.246 e. The van der Waals surface area contributed by atoms with Crippen molar-refractivity contribution in [3.8, 4) is 0 Å². The Morgan fingerprint density at radius 2 is 2.00 bits per heavy atom. The highest BCUT2D eigenvalue weighted by atomic mass is 79.9. The van der Waals surface area contributed by atoms with Gasteiger partial charge in [-0.1, -0.05) is 41.9 Å². The van der Waals surface area contributed by atoms with E-state index in [9.17, 15) is 9.59 Å². The Morgan fingerprint density at radius 3 is 2.60 bits per heavy atom. The lowest BCUT2D eigenvalue weighted by Crippen LogP contribution is -2.62. The fourth-order valence-electron chi connectivity index (χ4n) is 2.53. The number of nitrogens with one attached hydrogen (secondary N) is 1. The predicted octanol–water partition coefficient (Wildman–Crippen LogP) is 2.46. The fraction of sp³-hybridized carbons (Fsp3) is 0.467. The van der Waals surface area contributed by atoms with Crippen LogP contribution in [0, 0.1) is 0 Å².